The number of aryl methyl sites for hydroxylation is 2. The van der Waals surface area contributed by atoms with Gasteiger partial charge in [-0.15, -0.1) is 0 Å². The molecule has 1 aliphatic heterocycles. The Balaban J connectivity index is 1.64. The number of halogens is 2. The van der Waals surface area contributed by atoms with Gasteiger partial charge in [-0.3, -0.25) is 4.79 Å². The summed E-state index contributed by atoms with van der Waals surface area (Å²) in [7, 11) is 0. The molecule has 1 heterocycles. The van der Waals surface area contributed by atoms with Crippen molar-refractivity contribution in [3.8, 4) is 0 Å². The second-order valence-electron chi connectivity index (χ2n) is 6.94. The molecular formula is C18H24F2N2O2. The standard InChI is InChI=1S/C18H24F2N2O2/c1-12-7-15(22-3-5-24-6-4-22)8-13(2)17(12)21-16(23)9-14-10-18(19,20)11-14/h7-8,14H,3-6,9-11H2,1-2H3,(H,21,23). The van der Waals surface area contributed by atoms with Crippen molar-refractivity contribution in [1.29, 1.82) is 0 Å². The molecule has 6 heteroatoms. The van der Waals surface area contributed by atoms with Crippen LogP contribution in [0.5, 0.6) is 0 Å². The van der Waals surface area contributed by atoms with Gasteiger partial charge in [-0.05, 0) is 43.0 Å². The molecule has 0 bridgehead atoms. The highest BCUT2D eigenvalue weighted by molar-refractivity contribution is 5.93. The minimum Gasteiger partial charge on any atom is -0.378 e. The molecule has 0 spiro atoms. The number of carbonyl (C=O) groups excluding carboxylic acids is 1. The van der Waals surface area contributed by atoms with Crippen LogP contribution in [0.25, 0.3) is 0 Å². The normalized spacial score (nSPS) is 20.6. The number of amides is 1. The quantitative estimate of drug-likeness (QED) is 0.913. The fourth-order valence-electron chi connectivity index (χ4n) is 3.52. The van der Waals surface area contributed by atoms with Crippen molar-refractivity contribution in [3.63, 3.8) is 0 Å². The van der Waals surface area contributed by atoms with E-state index in [0.717, 1.165) is 48.8 Å². The van der Waals surface area contributed by atoms with Crippen molar-refractivity contribution in [2.45, 2.75) is 39.0 Å². The largest absolute Gasteiger partial charge is 0.378 e. The number of nitrogens with one attached hydrogen (secondary N) is 1. The molecule has 132 valence electrons. The zero-order chi connectivity index (χ0) is 17.3. The number of hydrogen-bond donors (Lipinski definition) is 1. The first-order valence-electron chi connectivity index (χ1n) is 8.46. The van der Waals surface area contributed by atoms with Gasteiger partial charge in [0.05, 0.1) is 13.2 Å². The summed E-state index contributed by atoms with van der Waals surface area (Å²) in [6.45, 7) is 7.10. The molecule has 1 N–H and O–H groups in total. The number of carbonyl (C=O) groups is 1. The minimum absolute atomic E-state index is 0.166. The molecule has 1 saturated carbocycles. The number of anilines is 2. The van der Waals surface area contributed by atoms with Crippen LogP contribution >= 0.6 is 0 Å². The fraction of sp³-hybridized carbons (Fsp3) is 0.611. The van der Waals surface area contributed by atoms with E-state index in [0.29, 0.717) is 0 Å². The number of ether oxygens (including phenoxy) is 1. The third kappa shape index (κ3) is 3.86. The first-order valence-corrected chi connectivity index (χ1v) is 8.46. The van der Waals surface area contributed by atoms with Gasteiger partial charge in [0, 0.05) is 43.7 Å². The van der Waals surface area contributed by atoms with Gasteiger partial charge in [-0.1, -0.05) is 0 Å². The van der Waals surface area contributed by atoms with Gasteiger partial charge >= 0.3 is 0 Å². The summed E-state index contributed by atoms with van der Waals surface area (Å²) in [4.78, 5) is 14.4. The number of nitrogens with zero attached hydrogens (tertiary/aromatic N) is 1. The van der Waals surface area contributed by atoms with Crippen molar-refractivity contribution in [3.05, 3.63) is 23.3 Å². The molecule has 24 heavy (non-hydrogen) atoms. The Morgan fingerprint density at radius 2 is 1.83 bits per heavy atom. The van der Waals surface area contributed by atoms with Gasteiger partial charge in [0.15, 0.2) is 0 Å². The Morgan fingerprint density at radius 3 is 2.38 bits per heavy atom. The topological polar surface area (TPSA) is 41.6 Å². The Morgan fingerprint density at radius 1 is 1.25 bits per heavy atom. The van der Waals surface area contributed by atoms with E-state index in [4.69, 9.17) is 4.74 Å². The van der Waals surface area contributed by atoms with Crippen molar-refractivity contribution < 1.29 is 18.3 Å². The van der Waals surface area contributed by atoms with E-state index in [1.807, 2.05) is 13.8 Å². The number of alkyl halides is 2. The molecule has 4 nitrogen and oxygen atoms in total. The third-order valence-electron chi connectivity index (χ3n) is 4.81. The number of rotatable bonds is 4. The van der Waals surface area contributed by atoms with Crippen LogP contribution in [0.15, 0.2) is 12.1 Å². The third-order valence-corrected chi connectivity index (χ3v) is 4.81. The van der Waals surface area contributed by atoms with Crippen LogP contribution in [-0.2, 0) is 9.53 Å². The first-order chi connectivity index (χ1) is 11.3. The van der Waals surface area contributed by atoms with Crippen LogP contribution in [0, 0.1) is 19.8 Å². The van der Waals surface area contributed by atoms with E-state index >= 15 is 0 Å². The molecule has 1 aliphatic carbocycles. The van der Waals surface area contributed by atoms with Gasteiger partial charge < -0.3 is 15.0 Å². The van der Waals surface area contributed by atoms with E-state index in [1.54, 1.807) is 0 Å². The summed E-state index contributed by atoms with van der Waals surface area (Å²) in [6, 6.07) is 4.12. The Kier molecular flexibility index (Phi) is 4.76. The van der Waals surface area contributed by atoms with Crippen molar-refractivity contribution >= 4 is 17.3 Å². The summed E-state index contributed by atoms with van der Waals surface area (Å²) < 4.78 is 31.1. The second kappa shape index (κ2) is 6.67. The molecule has 1 aromatic carbocycles. The van der Waals surface area contributed by atoms with Crippen LogP contribution < -0.4 is 10.2 Å². The van der Waals surface area contributed by atoms with E-state index in [9.17, 15) is 13.6 Å². The van der Waals surface area contributed by atoms with Crippen LogP contribution in [0.4, 0.5) is 20.2 Å². The Labute approximate surface area is 141 Å². The monoisotopic (exact) mass is 338 g/mol. The molecule has 2 aliphatic rings. The smallest absolute Gasteiger partial charge is 0.248 e. The van der Waals surface area contributed by atoms with Gasteiger partial charge in [-0.2, -0.15) is 0 Å². The van der Waals surface area contributed by atoms with Gasteiger partial charge in [0.25, 0.3) is 0 Å². The predicted molar refractivity (Wildman–Crippen MR) is 89.9 cm³/mol. The lowest BCUT2D eigenvalue weighted by molar-refractivity contribution is -0.129. The maximum atomic E-state index is 12.9. The zero-order valence-electron chi connectivity index (χ0n) is 14.2. The van der Waals surface area contributed by atoms with Crippen LogP contribution in [-0.4, -0.2) is 38.1 Å². The van der Waals surface area contributed by atoms with Gasteiger partial charge in [0.2, 0.25) is 11.8 Å². The van der Waals surface area contributed by atoms with E-state index in [1.165, 1.54) is 0 Å². The lowest BCUT2D eigenvalue weighted by Crippen LogP contribution is -2.37. The number of hydrogen-bond acceptors (Lipinski definition) is 3. The molecule has 3 rings (SSSR count). The average Bonchev–Trinajstić information content (AvgIpc) is 2.50. The number of benzene rings is 1. The Bertz CT molecular complexity index is 596. The van der Waals surface area contributed by atoms with Crippen LogP contribution in [0.1, 0.15) is 30.4 Å². The van der Waals surface area contributed by atoms with E-state index in [2.05, 4.69) is 22.3 Å². The highest BCUT2D eigenvalue weighted by atomic mass is 19.3. The average molecular weight is 338 g/mol. The highest BCUT2D eigenvalue weighted by Crippen LogP contribution is 2.44. The van der Waals surface area contributed by atoms with Gasteiger partial charge in [0.1, 0.15) is 0 Å². The molecular weight excluding hydrogens is 314 g/mol. The first kappa shape index (κ1) is 17.1. The molecule has 1 saturated heterocycles. The fourth-order valence-corrected chi connectivity index (χ4v) is 3.52. The molecule has 1 aromatic rings. The summed E-state index contributed by atoms with van der Waals surface area (Å²) in [5, 5.41) is 2.91. The highest BCUT2D eigenvalue weighted by Gasteiger charge is 2.45. The molecule has 0 atom stereocenters. The SMILES string of the molecule is Cc1cc(N2CCOCC2)cc(C)c1NC(=O)CC1CC(F)(F)C1. The molecule has 0 aromatic heterocycles. The van der Waals surface area contributed by atoms with E-state index in [-0.39, 0.29) is 31.1 Å². The summed E-state index contributed by atoms with van der Waals surface area (Å²) in [5.74, 6) is -2.95. The maximum Gasteiger partial charge on any atom is 0.248 e. The van der Waals surface area contributed by atoms with Crippen LogP contribution in [0.2, 0.25) is 0 Å². The predicted octanol–water partition coefficient (Wildman–Crippen LogP) is 3.51. The molecule has 0 unspecified atom stereocenters. The van der Waals surface area contributed by atoms with Crippen molar-refractivity contribution in [2.75, 3.05) is 36.5 Å². The van der Waals surface area contributed by atoms with Crippen molar-refractivity contribution in [2.24, 2.45) is 5.92 Å². The molecule has 1 amide bonds. The number of morpholine rings is 1. The summed E-state index contributed by atoms with van der Waals surface area (Å²) >= 11 is 0. The maximum absolute atomic E-state index is 12.9. The molecule has 0 radical (unpaired) electrons. The van der Waals surface area contributed by atoms with Gasteiger partial charge in [-0.25, -0.2) is 8.78 Å². The lowest BCUT2D eigenvalue weighted by atomic mass is 9.79. The lowest BCUT2D eigenvalue weighted by Gasteiger charge is -2.34. The van der Waals surface area contributed by atoms with Crippen LogP contribution in [0.3, 0.4) is 0 Å². The molecule has 2 fully saturated rings. The summed E-state index contributed by atoms with van der Waals surface area (Å²) in [6.07, 6.45) is -0.178. The minimum atomic E-state index is -2.57. The Hall–Kier alpha value is -1.69. The summed E-state index contributed by atoms with van der Waals surface area (Å²) in [5.41, 5.74) is 3.90. The van der Waals surface area contributed by atoms with Crippen molar-refractivity contribution in [1.82, 2.24) is 0 Å². The van der Waals surface area contributed by atoms with E-state index < -0.39 is 5.92 Å². The zero-order valence-corrected chi connectivity index (χ0v) is 14.2. The second-order valence-corrected chi connectivity index (χ2v) is 6.94.